The molecule has 28 heavy (non-hydrogen) atoms. The number of nitrogens with one attached hydrogen (secondary N) is 1. The van der Waals surface area contributed by atoms with Gasteiger partial charge in [0.2, 0.25) is 5.91 Å². The Bertz CT molecular complexity index is 783. The molecule has 0 spiro atoms. The molecule has 1 aromatic carbocycles. The van der Waals surface area contributed by atoms with E-state index in [0.29, 0.717) is 5.92 Å². The lowest BCUT2D eigenvalue weighted by Crippen LogP contribution is -2.40. The normalized spacial score (nSPS) is 16.8. The molecule has 1 amide bonds. The summed E-state index contributed by atoms with van der Waals surface area (Å²) < 4.78 is 5.40. The molecule has 5 nitrogen and oxygen atoms in total. The third kappa shape index (κ3) is 5.42. The van der Waals surface area contributed by atoms with E-state index in [-0.39, 0.29) is 11.9 Å². The van der Waals surface area contributed by atoms with Crippen molar-refractivity contribution < 1.29 is 9.53 Å². The van der Waals surface area contributed by atoms with E-state index in [9.17, 15) is 4.79 Å². The highest BCUT2D eigenvalue weighted by Crippen LogP contribution is 2.30. The van der Waals surface area contributed by atoms with Crippen molar-refractivity contribution in [1.29, 1.82) is 0 Å². The maximum absolute atomic E-state index is 11.7. The molecule has 1 atom stereocenters. The first-order valence-corrected chi connectivity index (χ1v) is 9.87. The van der Waals surface area contributed by atoms with Crippen LogP contribution in [0.3, 0.4) is 0 Å². The lowest BCUT2D eigenvalue weighted by molar-refractivity contribution is -0.120. The van der Waals surface area contributed by atoms with Crippen LogP contribution in [0, 0.1) is 5.92 Å². The number of likely N-dealkylation sites (tertiary alicyclic amines) is 1. The number of ether oxygens (including phenoxy) is 1. The highest BCUT2D eigenvalue weighted by atomic mass is 16.5. The van der Waals surface area contributed by atoms with Crippen molar-refractivity contribution in [2.24, 2.45) is 5.92 Å². The number of para-hydroxylation sites is 1. The van der Waals surface area contributed by atoms with Gasteiger partial charge in [0.15, 0.2) is 0 Å². The highest BCUT2D eigenvalue weighted by Gasteiger charge is 2.28. The minimum atomic E-state index is -0.00929. The molecule has 2 heterocycles. The molecule has 1 N–H and O–H groups in total. The van der Waals surface area contributed by atoms with Crippen LogP contribution in [-0.2, 0) is 4.79 Å². The Morgan fingerprint density at radius 3 is 2.68 bits per heavy atom. The lowest BCUT2D eigenvalue weighted by Gasteiger charge is -2.35. The van der Waals surface area contributed by atoms with Gasteiger partial charge < -0.3 is 10.1 Å². The number of hydrogen-bond acceptors (Lipinski definition) is 4. The Morgan fingerprint density at radius 2 is 2.00 bits per heavy atom. The number of rotatable bonds is 7. The Hall–Kier alpha value is -2.66. The first-order chi connectivity index (χ1) is 13.7. The van der Waals surface area contributed by atoms with E-state index < -0.39 is 0 Å². The minimum Gasteiger partial charge on any atom is -0.496 e. The largest absolute Gasteiger partial charge is 0.496 e. The Balaban J connectivity index is 1.55. The molecule has 0 aliphatic carbocycles. The van der Waals surface area contributed by atoms with Crippen molar-refractivity contribution in [3.63, 3.8) is 0 Å². The molecule has 0 radical (unpaired) electrons. The molecule has 1 unspecified atom stereocenters. The van der Waals surface area contributed by atoms with Crippen molar-refractivity contribution in [3.8, 4) is 5.75 Å². The number of carbonyl (C=O) groups excluding carboxylic acids is 1. The summed E-state index contributed by atoms with van der Waals surface area (Å²) in [4.78, 5) is 18.6. The van der Waals surface area contributed by atoms with Gasteiger partial charge in [-0.05, 0) is 50.0 Å². The molecule has 1 aromatic heterocycles. The lowest BCUT2D eigenvalue weighted by atomic mass is 9.87. The zero-order valence-corrected chi connectivity index (χ0v) is 16.7. The predicted molar refractivity (Wildman–Crippen MR) is 112 cm³/mol. The van der Waals surface area contributed by atoms with Gasteiger partial charge in [-0.1, -0.05) is 36.4 Å². The standard InChI is InChI=1S/C23H29N3O2/c1-18(27)25-23(21-10-5-6-14-24-21)20-12-16-26(17-13-20)15-7-9-19-8-3-4-11-22(19)28-2/h3-11,14,20,23H,12-13,15-17H2,1-2H3,(H,25,27). The van der Waals surface area contributed by atoms with Crippen LogP contribution in [0.1, 0.15) is 37.1 Å². The van der Waals surface area contributed by atoms with Gasteiger partial charge in [0.05, 0.1) is 18.8 Å². The van der Waals surface area contributed by atoms with Crippen LogP contribution in [0.5, 0.6) is 5.75 Å². The maximum atomic E-state index is 11.7. The van der Waals surface area contributed by atoms with Gasteiger partial charge in [-0.3, -0.25) is 14.7 Å². The molecule has 1 saturated heterocycles. The maximum Gasteiger partial charge on any atom is 0.217 e. The van der Waals surface area contributed by atoms with Crippen molar-refractivity contribution in [2.45, 2.75) is 25.8 Å². The second-order valence-corrected chi connectivity index (χ2v) is 7.22. The van der Waals surface area contributed by atoms with E-state index in [0.717, 1.165) is 49.5 Å². The third-order valence-electron chi connectivity index (χ3n) is 5.27. The summed E-state index contributed by atoms with van der Waals surface area (Å²) in [5, 5.41) is 3.11. The van der Waals surface area contributed by atoms with Gasteiger partial charge >= 0.3 is 0 Å². The molecular formula is C23H29N3O2. The molecule has 1 fully saturated rings. The predicted octanol–water partition coefficient (Wildman–Crippen LogP) is 3.69. The second-order valence-electron chi connectivity index (χ2n) is 7.22. The fourth-order valence-corrected chi connectivity index (χ4v) is 3.81. The molecule has 0 bridgehead atoms. The number of benzene rings is 1. The highest BCUT2D eigenvalue weighted by molar-refractivity contribution is 5.73. The van der Waals surface area contributed by atoms with Crippen LogP contribution in [0.25, 0.3) is 6.08 Å². The zero-order valence-electron chi connectivity index (χ0n) is 16.7. The number of amides is 1. The van der Waals surface area contributed by atoms with E-state index in [1.54, 1.807) is 20.2 Å². The number of hydrogen-bond donors (Lipinski definition) is 1. The number of methoxy groups -OCH3 is 1. The fraction of sp³-hybridized carbons (Fsp3) is 0.391. The second kappa shape index (κ2) is 10.0. The first kappa shape index (κ1) is 20.1. The first-order valence-electron chi connectivity index (χ1n) is 9.87. The average Bonchev–Trinajstić information content (AvgIpc) is 2.73. The topological polar surface area (TPSA) is 54.5 Å². The number of aromatic nitrogens is 1. The van der Waals surface area contributed by atoms with E-state index in [1.807, 2.05) is 36.4 Å². The fourth-order valence-electron chi connectivity index (χ4n) is 3.81. The van der Waals surface area contributed by atoms with Crippen molar-refractivity contribution in [2.75, 3.05) is 26.7 Å². The quantitative estimate of drug-likeness (QED) is 0.797. The summed E-state index contributed by atoms with van der Waals surface area (Å²) in [5.74, 6) is 1.30. The van der Waals surface area contributed by atoms with Gasteiger partial charge in [-0.15, -0.1) is 0 Å². The van der Waals surface area contributed by atoms with E-state index in [1.165, 1.54) is 0 Å². The van der Waals surface area contributed by atoms with Crippen LogP contribution in [0.2, 0.25) is 0 Å². The molecule has 3 rings (SSSR count). The number of carbonyl (C=O) groups is 1. The van der Waals surface area contributed by atoms with Gasteiger partial charge in [0.25, 0.3) is 0 Å². The van der Waals surface area contributed by atoms with Gasteiger partial charge in [0.1, 0.15) is 5.75 Å². The monoisotopic (exact) mass is 379 g/mol. The molecule has 0 saturated carbocycles. The van der Waals surface area contributed by atoms with Crippen molar-refractivity contribution in [1.82, 2.24) is 15.2 Å². The van der Waals surface area contributed by atoms with E-state index in [4.69, 9.17) is 4.74 Å². The summed E-state index contributed by atoms with van der Waals surface area (Å²) >= 11 is 0. The molecule has 2 aromatic rings. The van der Waals surface area contributed by atoms with Crippen LogP contribution in [0.4, 0.5) is 0 Å². The summed E-state index contributed by atoms with van der Waals surface area (Å²) in [5.41, 5.74) is 2.05. The zero-order chi connectivity index (χ0) is 19.8. The third-order valence-corrected chi connectivity index (χ3v) is 5.27. The molecular weight excluding hydrogens is 350 g/mol. The molecule has 148 valence electrons. The summed E-state index contributed by atoms with van der Waals surface area (Å²) in [6.45, 7) is 4.53. The number of nitrogens with zero attached hydrogens (tertiary/aromatic N) is 2. The number of pyridine rings is 1. The molecule has 5 heteroatoms. The van der Waals surface area contributed by atoms with Crippen LogP contribution < -0.4 is 10.1 Å². The Kier molecular flexibility index (Phi) is 7.20. The van der Waals surface area contributed by atoms with E-state index in [2.05, 4.69) is 33.4 Å². The Labute approximate surface area is 167 Å². The van der Waals surface area contributed by atoms with Crippen LogP contribution in [0.15, 0.2) is 54.7 Å². The smallest absolute Gasteiger partial charge is 0.217 e. The average molecular weight is 380 g/mol. The molecule has 1 aliphatic heterocycles. The van der Waals surface area contributed by atoms with Crippen molar-refractivity contribution >= 4 is 12.0 Å². The Morgan fingerprint density at radius 1 is 1.25 bits per heavy atom. The minimum absolute atomic E-state index is 0.00201. The summed E-state index contributed by atoms with van der Waals surface area (Å²) in [6, 6.07) is 13.9. The van der Waals surface area contributed by atoms with Crippen molar-refractivity contribution in [3.05, 3.63) is 66.0 Å². The van der Waals surface area contributed by atoms with Gasteiger partial charge in [-0.2, -0.15) is 0 Å². The SMILES string of the molecule is COc1ccccc1C=CCN1CCC(C(NC(C)=O)c2ccccn2)CC1. The number of piperidine rings is 1. The molecule has 1 aliphatic rings. The summed E-state index contributed by atoms with van der Waals surface area (Å²) in [6.07, 6.45) is 8.21. The summed E-state index contributed by atoms with van der Waals surface area (Å²) in [7, 11) is 1.70. The van der Waals surface area contributed by atoms with Gasteiger partial charge in [0, 0.05) is 25.2 Å². The van der Waals surface area contributed by atoms with E-state index >= 15 is 0 Å². The van der Waals surface area contributed by atoms with Gasteiger partial charge in [-0.25, -0.2) is 0 Å². The van der Waals surface area contributed by atoms with Crippen LogP contribution >= 0.6 is 0 Å². The van der Waals surface area contributed by atoms with Crippen LogP contribution in [-0.4, -0.2) is 42.5 Å².